The van der Waals surface area contributed by atoms with E-state index in [0.29, 0.717) is 24.4 Å². The number of carbonyl (C=O) groups excluding carboxylic acids is 1. The van der Waals surface area contributed by atoms with E-state index in [2.05, 4.69) is 33.8 Å². The number of allylic oxidation sites excluding steroid dienone is 1. The molecule has 2 N–H and O–H groups in total. The van der Waals surface area contributed by atoms with E-state index >= 15 is 0 Å². The van der Waals surface area contributed by atoms with Crippen LogP contribution < -0.4 is 0 Å². The maximum atomic E-state index is 12.3. The average molecular weight is 447 g/mol. The molecule has 0 bridgehead atoms. The van der Waals surface area contributed by atoms with Crippen molar-refractivity contribution in [2.75, 3.05) is 13.2 Å². The molecule has 32 heavy (non-hydrogen) atoms. The predicted octanol–water partition coefficient (Wildman–Crippen LogP) is 4.46. The van der Waals surface area contributed by atoms with Gasteiger partial charge in [0.2, 0.25) is 0 Å². The van der Waals surface area contributed by atoms with E-state index in [1.165, 1.54) is 18.9 Å². The van der Waals surface area contributed by atoms with Crippen molar-refractivity contribution in [2.24, 2.45) is 45.3 Å². The fourth-order valence-corrected chi connectivity index (χ4v) is 10.1. The second-order valence-corrected chi connectivity index (χ2v) is 12.8. The van der Waals surface area contributed by atoms with E-state index in [1.807, 2.05) is 0 Å². The third kappa shape index (κ3) is 2.83. The summed E-state index contributed by atoms with van der Waals surface area (Å²) in [6.45, 7) is 11.8. The van der Waals surface area contributed by atoms with Crippen molar-refractivity contribution >= 4 is 5.97 Å². The van der Waals surface area contributed by atoms with Gasteiger partial charge in [-0.1, -0.05) is 40.2 Å². The van der Waals surface area contributed by atoms with Gasteiger partial charge in [-0.25, -0.2) is 0 Å². The first kappa shape index (κ1) is 22.9. The summed E-state index contributed by atoms with van der Waals surface area (Å²) in [6.07, 6.45) is 8.76. The second-order valence-electron chi connectivity index (χ2n) is 12.8. The highest BCUT2D eigenvalue weighted by Gasteiger charge is 2.70. The molecule has 0 unspecified atom stereocenters. The number of fused-ring (bicyclic) bond motifs is 7. The van der Waals surface area contributed by atoms with E-state index < -0.39 is 6.29 Å². The van der Waals surface area contributed by atoms with Crippen molar-refractivity contribution in [1.82, 2.24) is 0 Å². The second kappa shape index (κ2) is 7.29. The van der Waals surface area contributed by atoms with Gasteiger partial charge in [0.1, 0.15) is 6.10 Å². The number of aliphatic hydroxyl groups excluding tert-OH is 2. The van der Waals surface area contributed by atoms with Crippen LogP contribution in [0.4, 0.5) is 0 Å². The lowest BCUT2D eigenvalue weighted by atomic mass is 9.34. The largest absolute Gasteiger partial charge is 0.462 e. The van der Waals surface area contributed by atoms with Gasteiger partial charge >= 0.3 is 5.97 Å². The molecule has 5 nitrogen and oxygen atoms in total. The lowest BCUT2D eigenvalue weighted by Crippen LogP contribution is -2.67. The molecule has 10 atom stereocenters. The summed E-state index contributed by atoms with van der Waals surface area (Å²) in [7, 11) is 0. The van der Waals surface area contributed by atoms with E-state index in [0.717, 1.165) is 38.5 Å². The van der Waals surface area contributed by atoms with Crippen molar-refractivity contribution in [2.45, 2.75) is 92.0 Å². The van der Waals surface area contributed by atoms with Gasteiger partial charge in [0.15, 0.2) is 6.29 Å². The molecule has 5 aliphatic rings. The van der Waals surface area contributed by atoms with Crippen molar-refractivity contribution in [3.63, 3.8) is 0 Å². The lowest BCUT2D eigenvalue weighted by molar-refractivity contribution is -0.255. The molecule has 4 aliphatic carbocycles. The van der Waals surface area contributed by atoms with E-state index in [4.69, 9.17) is 9.47 Å². The van der Waals surface area contributed by atoms with Crippen molar-refractivity contribution in [1.29, 1.82) is 0 Å². The van der Waals surface area contributed by atoms with Crippen molar-refractivity contribution in [3.8, 4) is 0 Å². The Labute approximate surface area is 192 Å². The van der Waals surface area contributed by atoms with Gasteiger partial charge in [-0.3, -0.25) is 4.79 Å². The van der Waals surface area contributed by atoms with Crippen molar-refractivity contribution < 1.29 is 24.5 Å². The third-order valence-corrected chi connectivity index (χ3v) is 11.4. The zero-order valence-electron chi connectivity index (χ0n) is 20.5. The molecule has 1 aliphatic heterocycles. The molecule has 0 amide bonds. The standard InChI is InChI=1S/C27H42O5/c1-16(29)32-21-13-20-25(3)11-6-10-24(2,15-28)18(25)9-12-26(20,4)19-8-7-17-14-31-23(30)22(17)27(19,21)5/h7,18-23,28,30H,6,8-15H2,1-5H3/t18-,19-,20+,21-,22+,23+,24-,25-,26-,27+/m0/s1. The highest BCUT2D eigenvalue weighted by Crippen LogP contribution is 2.73. The van der Waals surface area contributed by atoms with Gasteiger partial charge in [-0.05, 0) is 78.1 Å². The van der Waals surface area contributed by atoms with Crippen LogP contribution in [0.2, 0.25) is 0 Å². The smallest absolute Gasteiger partial charge is 0.302 e. The van der Waals surface area contributed by atoms with E-state index in [-0.39, 0.29) is 46.3 Å². The van der Waals surface area contributed by atoms with Crippen LogP contribution in [0.5, 0.6) is 0 Å². The Kier molecular flexibility index (Phi) is 5.21. The van der Waals surface area contributed by atoms with Crippen LogP contribution in [0, 0.1) is 45.3 Å². The van der Waals surface area contributed by atoms with Gasteiger partial charge in [0.05, 0.1) is 6.61 Å². The lowest BCUT2D eigenvalue weighted by Gasteiger charge is -2.70. The van der Waals surface area contributed by atoms with Gasteiger partial charge in [0, 0.05) is 24.9 Å². The summed E-state index contributed by atoms with van der Waals surface area (Å²) >= 11 is 0. The van der Waals surface area contributed by atoms with Gasteiger partial charge in [-0.2, -0.15) is 0 Å². The SMILES string of the molecule is CC(=O)O[C@H]1C[C@@H]2[C@@]3(C)CCC[C@@](C)(CO)[C@@H]3CC[C@@]2(C)[C@@H]2CC=C3CO[C@@H](O)[C@@H]3[C@@]12C. The molecule has 1 heterocycles. The summed E-state index contributed by atoms with van der Waals surface area (Å²) in [6, 6.07) is 0. The minimum atomic E-state index is -0.827. The number of esters is 1. The molecule has 5 heteroatoms. The Hall–Kier alpha value is -0.910. The van der Waals surface area contributed by atoms with Gasteiger partial charge in [0.25, 0.3) is 0 Å². The molecule has 0 aromatic heterocycles. The monoisotopic (exact) mass is 446 g/mol. The van der Waals surface area contributed by atoms with Crippen LogP contribution >= 0.6 is 0 Å². The zero-order chi connectivity index (χ0) is 23.1. The summed E-state index contributed by atoms with van der Waals surface area (Å²) in [5, 5.41) is 21.2. The number of rotatable bonds is 2. The highest BCUT2D eigenvalue weighted by atomic mass is 16.6. The molecule has 4 fully saturated rings. The predicted molar refractivity (Wildman–Crippen MR) is 121 cm³/mol. The fraction of sp³-hybridized carbons (Fsp3) is 0.889. The summed E-state index contributed by atoms with van der Waals surface area (Å²) in [5.41, 5.74) is 1.04. The summed E-state index contributed by atoms with van der Waals surface area (Å²) < 4.78 is 11.8. The topological polar surface area (TPSA) is 76.0 Å². The maximum Gasteiger partial charge on any atom is 0.302 e. The Morgan fingerprint density at radius 2 is 1.84 bits per heavy atom. The third-order valence-electron chi connectivity index (χ3n) is 11.4. The first-order valence-electron chi connectivity index (χ1n) is 12.8. The number of aliphatic hydroxyl groups is 2. The van der Waals surface area contributed by atoms with E-state index in [9.17, 15) is 15.0 Å². The molecule has 5 rings (SSSR count). The van der Waals surface area contributed by atoms with Gasteiger partial charge in [-0.15, -0.1) is 0 Å². The van der Waals surface area contributed by atoms with Crippen LogP contribution in [0.15, 0.2) is 11.6 Å². The molecule has 0 radical (unpaired) electrons. The highest BCUT2D eigenvalue weighted by molar-refractivity contribution is 5.66. The first-order chi connectivity index (χ1) is 15.0. The molecule has 3 saturated carbocycles. The number of ether oxygens (including phenoxy) is 2. The number of carbonyl (C=O) groups is 1. The van der Waals surface area contributed by atoms with Crippen LogP contribution in [0.3, 0.4) is 0 Å². The minimum absolute atomic E-state index is 0.0267. The fourth-order valence-electron chi connectivity index (χ4n) is 10.1. The normalized spacial score (nSPS) is 54.5. The van der Waals surface area contributed by atoms with Crippen LogP contribution in [0.1, 0.15) is 79.6 Å². The number of hydrogen-bond donors (Lipinski definition) is 2. The van der Waals surface area contributed by atoms with E-state index in [1.54, 1.807) is 0 Å². The summed E-state index contributed by atoms with van der Waals surface area (Å²) in [5.74, 6) is 0.900. The molecule has 180 valence electrons. The Morgan fingerprint density at radius 3 is 2.53 bits per heavy atom. The maximum absolute atomic E-state index is 12.3. The zero-order valence-corrected chi connectivity index (χ0v) is 20.5. The molecule has 0 aromatic rings. The number of hydrogen-bond acceptors (Lipinski definition) is 5. The minimum Gasteiger partial charge on any atom is -0.462 e. The molecule has 1 saturated heterocycles. The Balaban J connectivity index is 1.62. The van der Waals surface area contributed by atoms with Crippen molar-refractivity contribution in [3.05, 3.63) is 11.6 Å². The molecule has 0 spiro atoms. The molecule has 0 aromatic carbocycles. The van der Waals surface area contributed by atoms with Crippen LogP contribution in [0.25, 0.3) is 0 Å². The molecular weight excluding hydrogens is 404 g/mol. The average Bonchev–Trinajstić information content (AvgIpc) is 3.11. The quantitative estimate of drug-likeness (QED) is 0.484. The van der Waals surface area contributed by atoms with Gasteiger partial charge < -0.3 is 19.7 Å². The molecular formula is C27H42O5. The van der Waals surface area contributed by atoms with Crippen LogP contribution in [-0.4, -0.2) is 41.8 Å². The Bertz CT molecular complexity index is 823. The first-order valence-corrected chi connectivity index (χ1v) is 12.8. The van der Waals surface area contributed by atoms with Crippen LogP contribution in [-0.2, 0) is 14.3 Å². The Morgan fingerprint density at radius 1 is 1.12 bits per heavy atom. The summed E-state index contributed by atoms with van der Waals surface area (Å²) in [4.78, 5) is 12.3.